The van der Waals surface area contributed by atoms with Crippen LogP contribution in [0.15, 0.2) is 12.7 Å². The molecule has 0 bridgehead atoms. The van der Waals surface area contributed by atoms with Gasteiger partial charge in [-0.05, 0) is 12.8 Å². The van der Waals surface area contributed by atoms with Crippen LogP contribution in [0.25, 0.3) is 0 Å². The van der Waals surface area contributed by atoms with Crippen LogP contribution in [-0.4, -0.2) is 83.1 Å². The third-order valence-electron chi connectivity index (χ3n) is 4.36. The molecule has 0 aliphatic carbocycles. The molecule has 9 heteroatoms. The Balaban J connectivity index is 1.54. The first-order chi connectivity index (χ1) is 10.5. The number of rotatable bonds is 3. The predicted octanol–water partition coefficient (Wildman–Crippen LogP) is -0.828. The van der Waals surface area contributed by atoms with E-state index in [0.717, 1.165) is 19.4 Å². The van der Waals surface area contributed by atoms with E-state index in [2.05, 4.69) is 10.1 Å². The Labute approximate surface area is 130 Å². The second-order valence-electron chi connectivity index (χ2n) is 5.94. The van der Waals surface area contributed by atoms with Gasteiger partial charge >= 0.3 is 0 Å². The number of carbonyl (C=O) groups excluding carboxylic acids is 1. The minimum absolute atomic E-state index is 0.0733. The van der Waals surface area contributed by atoms with Gasteiger partial charge in [0.2, 0.25) is 5.91 Å². The zero-order valence-corrected chi connectivity index (χ0v) is 13.3. The van der Waals surface area contributed by atoms with Crippen LogP contribution < -0.4 is 0 Å². The Hall–Kier alpha value is -1.48. The number of aromatic nitrogens is 3. The van der Waals surface area contributed by atoms with Crippen molar-refractivity contribution in [3.63, 3.8) is 0 Å². The Morgan fingerprint density at radius 3 is 2.68 bits per heavy atom. The lowest BCUT2D eigenvalue weighted by Crippen LogP contribution is -2.49. The number of sulfone groups is 1. The van der Waals surface area contributed by atoms with Crippen molar-refractivity contribution in [1.82, 2.24) is 24.6 Å². The number of likely N-dealkylation sites (tertiary alicyclic amines) is 1. The minimum Gasteiger partial charge on any atom is -0.339 e. The maximum Gasteiger partial charge on any atom is 0.236 e. The van der Waals surface area contributed by atoms with Gasteiger partial charge in [-0.2, -0.15) is 5.10 Å². The maximum atomic E-state index is 12.4. The second-order valence-corrected chi connectivity index (χ2v) is 8.24. The predicted molar refractivity (Wildman–Crippen MR) is 80.0 cm³/mol. The highest BCUT2D eigenvalue weighted by Crippen LogP contribution is 2.20. The molecule has 3 rings (SSSR count). The van der Waals surface area contributed by atoms with Crippen LogP contribution in [0.5, 0.6) is 0 Å². The Morgan fingerprint density at radius 1 is 1.23 bits per heavy atom. The SMILES string of the molecule is O=C(CN1CCS(=O)(=O)CC1)N1CCC[C@H](n2cncn2)C1. The van der Waals surface area contributed by atoms with E-state index in [1.165, 1.54) is 6.33 Å². The van der Waals surface area contributed by atoms with Gasteiger partial charge in [0.1, 0.15) is 12.7 Å². The molecule has 0 aromatic carbocycles. The lowest BCUT2D eigenvalue weighted by Gasteiger charge is -2.34. The molecule has 0 N–H and O–H groups in total. The van der Waals surface area contributed by atoms with Crippen molar-refractivity contribution in [3.05, 3.63) is 12.7 Å². The number of amides is 1. The summed E-state index contributed by atoms with van der Waals surface area (Å²) >= 11 is 0. The fourth-order valence-corrected chi connectivity index (χ4v) is 4.28. The topological polar surface area (TPSA) is 88.4 Å². The summed E-state index contributed by atoms with van der Waals surface area (Å²) in [6, 6.07) is 0.182. The van der Waals surface area contributed by atoms with E-state index in [0.29, 0.717) is 26.2 Å². The first-order valence-electron chi connectivity index (χ1n) is 7.58. The lowest BCUT2D eigenvalue weighted by molar-refractivity contribution is -0.134. The van der Waals surface area contributed by atoms with Gasteiger partial charge in [-0.1, -0.05) is 0 Å². The van der Waals surface area contributed by atoms with Crippen LogP contribution in [0.1, 0.15) is 18.9 Å². The summed E-state index contributed by atoms with van der Waals surface area (Å²) in [5.41, 5.74) is 0. The third kappa shape index (κ3) is 3.64. The van der Waals surface area contributed by atoms with Crippen molar-refractivity contribution in [2.75, 3.05) is 44.2 Å². The summed E-state index contributed by atoms with van der Waals surface area (Å²) in [6.07, 6.45) is 5.14. The smallest absolute Gasteiger partial charge is 0.236 e. The molecule has 0 radical (unpaired) electrons. The van der Waals surface area contributed by atoms with E-state index < -0.39 is 9.84 Å². The number of hydrogen-bond donors (Lipinski definition) is 0. The first-order valence-corrected chi connectivity index (χ1v) is 9.40. The van der Waals surface area contributed by atoms with Crippen LogP contribution in [0.4, 0.5) is 0 Å². The molecular weight excluding hydrogens is 306 g/mol. The number of hydrogen-bond acceptors (Lipinski definition) is 6. The average Bonchev–Trinajstić information content (AvgIpc) is 3.04. The molecule has 122 valence electrons. The van der Waals surface area contributed by atoms with E-state index >= 15 is 0 Å². The molecule has 3 heterocycles. The van der Waals surface area contributed by atoms with Gasteiger partial charge in [-0.25, -0.2) is 18.1 Å². The molecule has 2 fully saturated rings. The minimum atomic E-state index is -2.90. The molecule has 0 unspecified atom stereocenters. The molecule has 1 amide bonds. The Morgan fingerprint density at radius 2 is 2.00 bits per heavy atom. The zero-order chi connectivity index (χ0) is 15.6. The highest BCUT2D eigenvalue weighted by atomic mass is 32.2. The van der Waals surface area contributed by atoms with Crippen molar-refractivity contribution in [3.8, 4) is 0 Å². The maximum absolute atomic E-state index is 12.4. The summed E-state index contributed by atoms with van der Waals surface area (Å²) in [5.74, 6) is 0.383. The highest BCUT2D eigenvalue weighted by Gasteiger charge is 2.28. The molecular formula is C13H21N5O3S. The average molecular weight is 327 g/mol. The van der Waals surface area contributed by atoms with E-state index in [1.807, 2.05) is 14.5 Å². The van der Waals surface area contributed by atoms with E-state index in [-0.39, 0.29) is 23.5 Å². The molecule has 8 nitrogen and oxygen atoms in total. The van der Waals surface area contributed by atoms with Crippen molar-refractivity contribution in [2.24, 2.45) is 0 Å². The molecule has 1 aromatic rings. The number of piperidine rings is 1. The van der Waals surface area contributed by atoms with Gasteiger partial charge in [-0.15, -0.1) is 0 Å². The van der Waals surface area contributed by atoms with Crippen LogP contribution in [-0.2, 0) is 14.6 Å². The fourth-order valence-electron chi connectivity index (χ4n) is 3.00. The van der Waals surface area contributed by atoms with E-state index in [4.69, 9.17) is 0 Å². The van der Waals surface area contributed by atoms with Crippen LogP contribution in [0.3, 0.4) is 0 Å². The molecule has 2 saturated heterocycles. The molecule has 1 atom stereocenters. The van der Waals surface area contributed by atoms with Crippen LogP contribution in [0, 0.1) is 0 Å². The molecule has 2 aliphatic heterocycles. The summed E-state index contributed by atoms with van der Waals surface area (Å²) in [7, 11) is -2.90. The van der Waals surface area contributed by atoms with E-state index in [9.17, 15) is 13.2 Å². The van der Waals surface area contributed by atoms with Gasteiger partial charge < -0.3 is 4.90 Å². The van der Waals surface area contributed by atoms with Crippen molar-refractivity contribution in [2.45, 2.75) is 18.9 Å². The normalized spacial score (nSPS) is 26.0. The van der Waals surface area contributed by atoms with Crippen molar-refractivity contribution >= 4 is 15.7 Å². The summed E-state index contributed by atoms with van der Waals surface area (Å²) in [6.45, 7) is 2.62. The Bertz CT molecular complexity index is 602. The summed E-state index contributed by atoms with van der Waals surface area (Å²) < 4.78 is 24.7. The second kappa shape index (κ2) is 6.33. The molecule has 1 aromatic heterocycles. The van der Waals surface area contributed by atoms with Gasteiger partial charge in [0.15, 0.2) is 9.84 Å². The van der Waals surface area contributed by atoms with Gasteiger partial charge in [0.05, 0.1) is 24.1 Å². The largest absolute Gasteiger partial charge is 0.339 e. The molecule has 0 spiro atoms. The van der Waals surface area contributed by atoms with Crippen LogP contribution in [0.2, 0.25) is 0 Å². The zero-order valence-electron chi connectivity index (χ0n) is 12.5. The fraction of sp³-hybridized carbons (Fsp3) is 0.769. The van der Waals surface area contributed by atoms with Gasteiger partial charge in [-0.3, -0.25) is 9.69 Å². The van der Waals surface area contributed by atoms with Gasteiger partial charge in [0.25, 0.3) is 0 Å². The summed E-state index contributed by atoms with van der Waals surface area (Å²) in [5, 5.41) is 4.16. The quantitative estimate of drug-likeness (QED) is 0.720. The first kappa shape index (κ1) is 15.4. The van der Waals surface area contributed by atoms with Crippen molar-refractivity contribution in [1.29, 1.82) is 0 Å². The highest BCUT2D eigenvalue weighted by molar-refractivity contribution is 7.91. The third-order valence-corrected chi connectivity index (χ3v) is 5.97. The van der Waals surface area contributed by atoms with Crippen LogP contribution >= 0.6 is 0 Å². The molecule has 0 saturated carbocycles. The monoisotopic (exact) mass is 327 g/mol. The molecule has 2 aliphatic rings. The standard InChI is InChI=1S/C13H21N5O3S/c19-13(9-16-4-6-22(20,21)7-5-16)17-3-1-2-12(8-17)18-11-14-10-15-18/h10-12H,1-9H2/t12-/m0/s1. The Kier molecular flexibility index (Phi) is 4.44. The lowest BCUT2D eigenvalue weighted by atomic mass is 10.1. The molecule has 22 heavy (non-hydrogen) atoms. The van der Waals surface area contributed by atoms with Crippen molar-refractivity contribution < 1.29 is 13.2 Å². The number of nitrogens with zero attached hydrogens (tertiary/aromatic N) is 5. The van der Waals surface area contributed by atoms with Gasteiger partial charge in [0, 0.05) is 26.2 Å². The number of carbonyl (C=O) groups is 1. The van der Waals surface area contributed by atoms with E-state index in [1.54, 1.807) is 6.33 Å². The summed E-state index contributed by atoms with van der Waals surface area (Å²) in [4.78, 5) is 20.2.